The standard InChI is InChI=1S/C18H20N2/c1-14(19)11-15-9-10-20(12-15)13-17-7-4-6-16-5-2-3-8-18(16)17/h2-10,12,14H,11,13,19H2,1H3. The van der Waals surface area contributed by atoms with Crippen LogP contribution < -0.4 is 5.73 Å². The van der Waals surface area contributed by atoms with Crippen LogP contribution in [0.3, 0.4) is 0 Å². The molecule has 0 saturated heterocycles. The fourth-order valence-corrected chi connectivity index (χ4v) is 2.71. The maximum absolute atomic E-state index is 5.85. The van der Waals surface area contributed by atoms with Crippen molar-refractivity contribution in [2.45, 2.75) is 25.9 Å². The molecule has 20 heavy (non-hydrogen) atoms. The number of nitrogens with two attached hydrogens (primary N) is 1. The van der Waals surface area contributed by atoms with Crippen LogP contribution in [0.15, 0.2) is 60.9 Å². The monoisotopic (exact) mass is 264 g/mol. The van der Waals surface area contributed by atoms with Gasteiger partial charge in [-0.1, -0.05) is 42.5 Å². The molecule has 0 bridgehead atoms. The highest BCUT2D eigenvalue weighted by molar-refractivity contribution is 5.85. The smallest absolute Gasteiger partial charge is 0.0476 e. The van der Waals surface area contributed by atoms with Gasteiger partial charge in [-0.2, -0.15) is 0 Å². The molecule has 1 heterocycles. The zero-order chi connectivity index (χ0) is 13.9. The molecule has 2 heteroatoms. The summed E-state index contributed by atoms with van der Waals surface area (Å²) in [5, 5.41) is 2.63. The second-order valence-electron chi connectivity index (χ2n) is 5.51. The molecule has 3 aromatic rings. The first-order chi connectivity index (χ1) is 9.72. The number of nitrogens with zero attached hydrogens (tertiary/aromatic N) is 1. The Balaban J connectivity index is 1.88. The van der Waals surface area contributed by atoms with Gasteiger partial charge in [0.05, 0.1) is 0 Å². The van der Waals surface area contributed by atoms with Gasteiger partial charge in [0, 0.05) is 25.0 Å². The first-order valence-electron chi connectivity index (χ1n) is 7.09. The Bertz CT molecular complexity index is 705. The van der Waals surface area contributed by atoms with Crippen molar-refractivity contribution in [3.05, 3.63) is 72.1 Å². The van der Waals surface area contributed by atoms with Crippen molar-refractivity contribution in [1.29, 1.82) is 0 Å². The fraction of sp³-hybridized carbons (Fsp3) is 0.222. The maximum Gasteiger partial charge on any atom is 0.0476 e. The van der Waals surface area contributed by atoms with Gasteiger partial charge in [-0.3, -0.25) is 0 Å². The predicted octanol–water partition coefficient (Wildman–Crippen LogP) is 3.58. The molecule has 2 nitrogen and oxygen atoms in total. The van der Waals surface area contributed by atoms with Crippen molar-refractivity contribution >= 4 is 10.8 Å². The molecule has 0 aliphatic heterocycles. The number of benzene rings is 2. The molecular weight excluding hydrogens is 244 g/mol. The van der Waals surface area contributed by atoms with Gasteiger partial charge in [-0.05, 0) is 41.3 Å². The molecule has 0 aliphatic carbocycles. The quantitative estimate of drug-likeness (QED) is 0.767. The van der Waals surface area contributed by atoms with Crippen LogP contribution in [-0.2, 0) is 13.0 Å². The molecule has 0 amide bonds. The maximum atomic E-state index is 5.85. The molecule has 102 valence electrons. The summed E-state index contributed by atoms with van der Waals surface area (Å²) in [5.74, 6) is 0. The first-order valence-corrected chi connectivity index (χ1v) is 7.09. The number of rotatable bonds is 4. The summed E-state index contributed by atoms with van der Waals surface area (Å²) in [4.78, 5) is 0. The van der Waals surface area contributed by atoms with E-state index in [9.17, 15) is 0 Å². The van der Waals surface area contributed by atoms with E-state index in [4.69, 9.17) is 5.73 Å². The van der Waals surface area contributed by atoms with E-state index in [-0.39, 0.29) is 6.04 Å². The van der Waals surface area contributed by atoms with Crippen LogP contribution in [0.2, 0.25) is 0 Å². The second-order valence-corrected chi connectivity index (χ2v) is 5.51. The van der Waals surface area contributed by atoms with E-state index in [2.05, 4.69) is 65.5 Å². The van der Waals surface area contributed by atoms with Crippen LogP contribution in [-0.4, -0.2) is 10.6 Å². The molecule has 1 aromatic heterocycles. The number of hydrogen-bond acceptors (Lipinski definition) is 1. The van der Waals surface area contributed by atoms with Crippen LogP contribution in [0.25, 0.3) is 10.8 Å². The van der Waals surface area contributed by atoms with Gasteiger partial charge in [0.15, 0.2) is 0 Å². The van der Waals surface area contributed by atoms with Gasteiger partial charge < -0.3 is 10.3 Å². The molecule has 0 spiro atoms. The Morgan fingerprint density at radius 2 is 1.85 bits per heavy atom. The summed E-state index contributed by atoms with van der Waals surface area (Å²) >= 11 is 0. The third-order valence-corrected chi connectivity index (χ3v) is 3.60. The minimum atomic E-state index is 0.211. The molecular formula is C18H20N2. The van der Waals surface area contributed by atoms with E-state index >= 15 is 0 Å². The summed E-state index contributed by atoms with van der Waals surface area (Å²) in [7, 11) is 0. The highest BCUT2D eigenvalue weighted by atomic mass is 14.9. The SMILES string of the molecule is CC(N)Cc1ccn(Cc2cccc3ccccc23)c1. The molecule has 0 saturated carbocycles. The average molecular weight is 264 g/mol. The van der Waals surface area contributed by atoms with E-state index < -0.39 is 0 Å². The minimum Gasteiger partial charge on any atom is -0.350 e. The van der Waals surface area contributed by atoms with E-state index in [1.54, 1.807) is 0 Å². The number of fused-ring (bicyclic) bond motifs is 1. The van der Waals surface area contributed by atoms with Gasteiger partial charge in [0.25, 0.3) is 0 Å². The lowest BCUT2D eigenvalue weighted by atomic mass is 10.0. The molecule has 1 atom stereocenters. The van der Waals surface area contributed by atoms with E-state index in [1.807, 2.05) is 6.92 Å². The van der Waals surface area contributed by atoms with Gasteiger partial charge in [-0.25, -0.2) is 0 Å². The van der Waals surface area contributed by atoms with Crippen LogP contribution in [0.5, 0.6) is 0 Å². The van der Waals surface area contributed by atoms with Crippen molar-refractivity contribution in [1.82, 2.24) is 4.57 Å². The van der Waals surface area contributed by atoms with Crippen molar-refractivity contribution in [3.63, 3.8) is 0 Å². The fourth-order valence-electron chi connectivity index (χ4n) is 2.71. The van der Waals surface area contributed by atoms with Crippen molar-refractivity contribution in [2.75, 3.05) is 0 Å². The largest absolute Gasteiger partial charge is 0.350 e. The topological polar surface area (TPSA) is 30.9 Å². The van der Waals surface area contributed by atoms with Crippen LogP contribution in [0.4, 0.5) is 0 Å². The summed E-state index contributed by atoms with van der Waals surface area (Å²) in [6, 6.07) is 17.4. The lowest BCUT2D eigenvalue weighted by Gasteiger charge is -2.08. The second kappa shape index (κ2) is 5.51. The lowest BCUT2D eigenvalue weighted by Crippen LogP contribution is -2.17. The van der Waals surface area contributed by atoms with Gasteiger partial charge in [0.1, 0.15) is 0 Å². The lowest BCUT2D eigenvalue weighted by molar-refractivity contribution is 0.732. The minimum absolute atomic E-state index is 0.211. The highest BCUT2D eigenvalue weighted by Crippen LogP contribution is 2.19. The number of aromatic nitrogens is 1. The van der Waals surface area contributed by atoms with Crippen LogP contribution in [0.1, 0.15) is 18.1 Å². The van der Waals surface area contributed by atoms with Crippen molar-refractivity contribution < 1.29 is 0 Å². The summed E-state index contributed by atoms with van der Waals surface area (Å²) in [6.45, 7) is 2.95. The Kier molecular flexibility index (Phi) is 3.57. The zero-order valence-corrected chi connectivity index (χ0v) is 11.8. The highest BCUT2D eigenvalue weighted by Gasteiger charge is 2.03. The van der Waals surface area contributed by atoms with Gasteiger partial charge in [0.2, 0.25) is 0 Å². The van der Waals surface area contributed by atoms with Gasteiger partial charge in [-0.15, -0.1) is 0 Å². The summed E-state index contributed by atoms with van der Waals surface area (Å²) in [5.41, 5.74) is 8.51. The van der Waals surface area contributed by atoms with Crippen LogP contribution >= 0.6 is 0 Å². The molecule has 0 radical (unpaired) electrons. The Morgan fingerprint density at radius 1 is 1.05 bits per heavy atom. The molecule has 2 aromatic carbocycles. The summed E-state index contributed by atoms with van der Waals surface area (Å²) in [6.07, 6.45) is 5.27. The van der Waals surface area contributed by atoms with Crippen molar-refractivity contribution in [2.24, 2.45) is 5.73 Å². The molecule has 2 N–H and O–H groups in total. The zero-order valence-electron chi connectivity index (χ0n) is 11.8. The predicted molar refractivity (Wildman–Crippen MR) is 84.8 cm³/mol. The van der Waals surface area contributed by atoms with E-state index in [1.165, 1.54) is 21.9 Å². The van der Waals surface area contributed by atoms with E-state index in [0.717, 1.165) is 13.0 Å². The third-order valence-electron chi connectivity index (χ3n) is 3.60. The van der Waals surface area contributed by atoms with E-state index in [0.29, 0.717) is 0 Å². The Labute approximate surface area is 119 Å². The van der Waals surface area contributed by atoms with Crippen LogP contribution in [0, 0.1) is 0 Å². The molecule has 3 rings (SSSR count). The molecule has 0 aliphatic rings. The molecule has 0 fully saturated rings. The Hall–Kier alpha value is -2.06. The van der Waals surface area contributed by atoms with Gasteiger partial charge >= 0.3 is 0 Å². The Morgan fingerprint density at radius 3 is 2.70 bits per heavy atom. The number of hydrogen-bond donors (Lipinski definition) is 1. The molecule has 1 unspecified atom stereocenters. The first kappa shape index (κ1) is 12.9. The summed E-state index contributed by atoms with van der Waals surface area (Å²) < 4.78 is 2.24. The van der Waals surface area contributed by atoms with Crippen molar-refractivity contribution in [3.8, 4) is 0 Å². The third kappa shape index (κ3) is 2.75. The average Bonchev–Trinajstić information content (AvgIpc) is 2.86. The normalized spacial score (nSPS) is 12.7.